The summed E-state index contributed by atoms with van der Waals surface area (Å²) < 4.78 is 44.3. The SMILES string of the molecule is CC(C)N1C(=O)O[C@H](c2cc(C(F)(F)F)nn2C)[C@@H]1C. The van der Waals surface area contributed by atoms with Crippen molar-refractivity contribution in [1.29, 1.82) is 0 Å². The van der Waals surface area contributed by atoms with Crippen LogP contribution in [0.2, 0.25) is 0 Å². The van der Waals surface area contributed by atoms with Gasteiger partial charge in [-0.25, -0.2) is 4.79 Å². The van der Waals surface area contributed by atoms with Gasteiger partial charge in [-0.3, -0.25) is 9.58 Å². The third kappa shape index (κ3) is 2.34. The van der Waals surface area contributed by atoms with Gasteiger partial charge in [-0.05, 0) is 26.8 Å². The molecule has 1 fully saturated rings. The van der Waals surface area contributed by atoms with Gasteiger partial charge in [0.2, 0.25) is 0 Å². The number of alkyl halides is 3. The predicted molar refractivity (Wildman–Crippen MR) is 63.9 cm³/mol. The molecule has 112 valence electrons. The van der Waals surface area contributed by atoms with Gasteiger partial charge in [0.25, 0.3) is 0 Å². The smallest absolute Gasteiger partial charge is 0.435 e. The van der Waals surface area contributed by atoms with Crippen molar-refractivity contribution >= 4 is 6.09 Å². The molecule has 2 atom stereocenters. The van der Waals surface area contributed by atoms with Crippen molar-refractivity contribution in [1.82, 2.24) is 14.7 Å². The minimum atomic E-state index is -4.51. The van der Waals surface area contributed by atoms with Crippen LogP contribution in [0, 0.1) is 0 Å². The van der Waals surface area contributed by atoms with Gasteiger partial charge in [0, 0.05) is 13.1 Å². The number of halogens is 3. The number of amides is 1. The number of aromatic nitrogens is 2. The van der Waals surface area contributed by atoms with E-state index in [0.29, 0.717) is 0 Å². The van der Waals surface area contributed by atoms with Crippen LogP contribution in [0.4, 0.5) is 18.0 Å². The Hall–Kier alpha value is -1.73. The lowest BCUT2D eigenvalue weighted by Crippen LogP contribution is -2.37. The summed E-state index contributed by atoms with van der Waals surface area (Å²) in [4.78, 5) is 13.3. The summed E-state index contributed by atoms with van der Waals surface area (Å²) in [6.45, 7) is 5.39. The molecule has 0 N–H and O–H groups in total. The Labute approximate surface area is 114 Å². The molecule has 2 heterocycles. The molecule has 1 aromatic rings. The van der Waals surface area contributed by atoms with Crippen LogP contribution >= 0.6 is 0 Å². The summed E-state index contributed by atoms with van der Waals surface area (Å²) in [6, 6.07) is 0.495. The highest BCUT2D eigenvalue weighted by Crippen LogP contribution is 2.36. The highest BCUT2D eigenvalue weighted by molar-refractivity contribution is 5.71. The normalized spacial score (nSPS) is 23.6. The fraction of sp³-hybridized carbons (Fsp3) is 0.667. The second-order valence-corrected chi connectivity index (χ2v) is 5.12. The predicted octanol–water partition coefficient (Wildman–Crippen LogP) is 2.73. The molecule has 1 amide bonds. The van der Waals surface area contributed by atoms with E-state index in [-0.39, 0.29) is 17.8 Å². The standard InChI is InChI=1S/C12H16F3N3O2/c1-6(2)18-7(3)10(20-11(18)19)8-5-9(12(13,14)15)16-17(8)4/h5-7,10H,1-4H3/t7-,10-/m0/s1. The maximum Gasteiger partial charge on any atom is 0.435 e. The van der Waals surface area contributed by atoms with E-state index in [1.54, 1.807) is 6.92 Å². The van der Waals surface area contributed by atoms with Gasteiger partial charge in [0.15, 0.2) is 11.8 Å². The van der Waals surface area contributed by atoms with E-state index < -0.39 is 24.1 Å². The van der Waals surface area contributed by atoms with E-state index in [2.05, 4.69) is 5.10 Å². The molecule has 0 bridgehead atoms. The van der Waals surface area contributed by atoms with Crippen molar-refractivity contribution in [2.45, 2.75) is 45.1 Å². The molecule has 0 unspecified atom stereocenters. The van der Waals surface area contributed by atoms with Gasteiger partial charge in [-0.15, -0.1) is 0 Å². The van der Waals surface area contributed by atoms with Gasteiger partial charge in [0.05, 0.1) is 11.7 Å². The van der Waals surface area contributed by atoms with E-state index >= 15 is 0 Å². The summed E-state index contributed by atoms with van der Waals surface area (Å²) in [5, 5.41) is 3.44. The van der Waals surface area contributed by atoms with Crippen LogP contribution in [0.25, 0.3) is 0 Å². The molecule has 1 saturated heterocycles. The van der Waals surface area contributed by atoms with Crippen LogP contribution in [0.3, 0.4) is 0 Å². The molecule has 5 nitrogen and oxygen atoms in total. The molecule has 1 aliphatic rings. The van der Waals surface area contributed by atoms with Crippen molar-refractivity contribution in [3.63, 3.8) is 0 Å². The molecule has 2 rings (SSSR count). The lowest BCUT2D eigenvalue weighted by molar-refractivity contribution is -0.141. The number of hydrogen-bond acceptors (Lipinski definition) is 3. The average molecular weight is 291 g/mol. The zero-order valence-corrected chi connectivity index (χ0v) is 11.6. The molecular formula is C12H16F3N3O2. The monoisotopic (exact) mass is 291 g/mol. The molecule has 1 aliphatic heterocycles. The third-order valence-corrected chi connectivity index (χ3v) is 3.37. The second-order valence-electron chi connectivity index (χ2n) is 5.12. The molecule has 0 aliphatic carbocycles. The number of rotatable bonds is 2. The molecular weight excluding hydrogens is 275 g/mol. The molecule has 0 aromatic carbocycles. The van der Waals surface area contributed by atoms with Crippen LogP contribution in [0.15, 0.2) is 6.07 Å². The summed E-state index contributed by atoms with van der Waals surface area (Å²) in [7, 11) is 1.41. The third-order valence-electron chi connectivity index (χ3n) is 3.37. The van der Waals surface area contributed by atoms with E-state index in [4.69, 9.17) is 4.74 Å². The highest BCUT2D eigenvalue weighted by atomic mass is 19.4. The van der Waals surface area contributed by atoms with Crippen molar-refractivity contribution in [3.05, 3.63) is 17.5 Å². The second kappa shape index (κ2) is 4.68. The maximum absolute atomic E-state index is 12.7. The summed E-state index contributed by atoms with van der Waals surface area (Å²) in [6.07, 6.45) is -5.79. The highest BCUT2D eigenvalue weighted by Gasteiger charge is 2.44. The summed E-state index contributed by atoms with van der Waals surface area (Å²) in [5.41, 5.74) is -0.748. The number of carbonyl (C=O) groups excluding carboxylic acids is 1. The average Bonchev–Trinajstić information content (AvgIpc) is 2.79. The fourth-order valence-electron chi connectivity index (χ4n) is 2.46. The van der Waals surface area contributed by atoms with Gasteiger partial charge < -0.3 is 4.74 Å². The Balaban J connectivity index is 2.34. The number of hydrogen-bond donors (Lipinski definition) is 0. The van der Waals surface area contributed by atoms with Crippen molar-refractivity contribution in [3.8, 4) is 0 Å². The van der Waals surface area contributed by atoms with Crippen molar-refractivity contribution < 1.29 is 22.7 Å². The van der Waals surface area contributed by atoms with Gasteiger partial charge in [-0.2, -0.15) is 18.3 Å². The molecule has 0 spiro atoms. The summed E-state index contributed by atoms with van der Waals surface area (Å²) in [5.74, 6) is 0. The molecule has 0 radical (unpaired) electrons. The van der Waals surface area contributed by atoms with Crippen LogP contribution in [0.5, 0.6) is 0 Å². The van der Waals surface area contributed by atoms with E-state index in [9.17, 15) is 18.0 Å². The first-order valence-electron chi connectivity index (χ1n) is 6.23. The van der Waals surface area contributed by atoms with Crippen molar-refractivity contribution in [2.75, 3.05) is 0 Å². The molecule has 20 heavy (non-hydrogen) atoms. The van der Waals surface area contributed by atoms with Gasteiger partial charge in [0.1, 0.15) is 0 Å². The van der Waals surface area contributed by atoms with Crippen LogP contribution in [-0.4, -0.2) is 32.9 Å². The van der Waals surface area contributed by atoms with E-state index in [1.807, 2.05) is 13.8 Å². The quantitative estimate of drug-likeness (QED) is 0.841. The van der Waals surface area contributed by atoms with Crippen molar-refractivity contribution in [2.24, 2.45) is 7.05 Å². The maximum atomic E-state index is 12.7. The van der Waals surface area contributed by atoms with E-state index in [1.165, 1.54) is 11.9 Å². The topological polar surface area (TPSA) is 47.4 Å². The first kappa shape index (κ1) is 14.7. The molecule has 8 heteroatoms. The molecule has 1 aromatic heterocycles. The largest absolute Gasteiger partial charge is 0.437 e. The number of cyclic esters (lactones) is 1. The first-order chi connectivity index (χ1) is 9.12. The Kier molecular flexibility index (Phi) is 3.43. The zero-order valence-electron chi connectivity index (χ0n) is 11.6. The number of ether oxygens (including phenoxy) is 1. The number of aryl methyl sites for hydroxylation is 1. The number of carbonyl (C=O) groups is 1. The Bertz CT molecular complexity index is 525. The van der Waals surface area contributed by atoms with Crippen LogP contribution in [0.1, 0.15) is 38.3 Å². The Morgan fingerprint density at radius 2 is 2.00 bits per heavy atom. The molecule has 0 saturated carbocycles. The summed E-state index contributed by atoms with van der Waals surface area (Å²) >= 11 is 0. The number of nitrogens with zero attached hydrogens (tertiary/aromatic N) is 3. The van der Waals surface area contributed by atoms with Gasteiger partial charge >= 0.3 is 12.3 Å². The zero-order chi connectivity index (χ0) is 15.2. The Morgan fingerprint density at radius 3 is 2.40 bits per heavy atom. The van der Waals surface area contributed by atoms with E-state index in [0.717, 1.165) is 10.7 Å². The Morgan fingerprint density at radius 1 is 1.40 bits per heavy atom. The minimum Gasteiger partial charge on any atom is -0.437 e. The van der Waals surface area contributed by atoms with Crippen LogP contribution < -0.4 is 0 Å². The lowest BCUT2D eigenvalue weighted by atomic mass is 10.1. The van der Waals surface area contributed by atoms with Gasteiger partial charge in [-0.1, -0.05) is 0 Å². The lowest BCUT2D eigenvalue weighted by Gasteiger charge is -2.24. The fourth-order valence-corrected chi connectivity index (χ4v) is 2.46. The van der Waals surface area contributed by atoms with Crippen LogP contribution in [-0.2, 0) is 18.0 Å². The first-order valence-corrected chi connectivity index (χ1v) is 6.23. The minimum absolute atomic E-state index is 0.0854.